The van der Waals surface area contributed by atoms with Crippen molar-refractivity contribution in [3.8, 4) is 0 Å². The van der Waals surface area contributed by atoms with E-state index in [-0.39, 0.29) is 18.2 Å². The van der Waals surface area contributed by atoms with Gasteiger partial charge in [-0.3, -0.25) is 9.59 Å². The predicted molar refractivity (Wildman–Crippen MR) is 46.4 cm³/mol. The van der Waals surface area contributed by atoms with Crippen molar-refractivity contribution in [2.75, 3.05) is 6.54 Å². The second-order valence-corrected chi connectivity index (χ2v) is 3.19. The first-order valence-corrected chi connectivity index (χ1v) is 4.35. The number of aliphatic carboxylic acids is 1. The minimum absolute atomic E-state index is 0.135. The van der Waals surface area contributed by atoms with Gasteiger partial charge in [0.1, 0.15) is 6.04 Å². The molecule has 3 N–H and O–H groups in total. The Bertz CT molecular complexity index is 254. The van der Waals surface area contributed by atoms with Crippen LogP contribution in [0.4, 0.5) is 0 Å². The van der Waals surface area contributed by atoms with E-state index in [9.17, 15) is 14.4 Å². The Labute approximate surface area is 80.7 Å². The van der Waals surface area contributed by atoms with Gasteiger partial charge in [-0.1, -0.05) is 0 Å². The molecule has 6 heteroatoms. The summed E-state index contributed by atoms with van der Waals surface area (Å²) in [7, 11) is 0. The molecule has 0 aromatic rings. The number of hydrogen-bond donors (Lipinski definition) is 3. The lowest BCUT2D eigenvalue weighted by molar-refractivity contribution is -0.141. The van der Waals surface area contributed by atoms with Crippen molar-refractivity contribution < 1.29 is 19.5 Å². The van der Waals surface area contributed by atoms with Crippen LogP contribution < -0.4 is 10.6 Å². The summed E-state index contributed by atoms with van der Waals surface area (Å²) in [5, 5.41) is 13.5. The molecule has 1 fully saturated rings. The largest absolute Gasteiger partial charge is 0.480 e. The zero-order chi connectivity index (χ0) is 10.6. The van der Waals surface area contributed by atoms with E-state index in [4.69, 9.17) is 5.11 Å². The average molecular weight is 200 g/mol. The van der Waals surface area contributed by atoms with Crippen LogP contribution in [0.25, 0.3) is 0 Å². The topological polar surface area (TPSA) is 95.5 Å². The highest BCUT2D eigenvalue weighted by Gasteiger charge is 2.29. The molecular weight excluding hydrogens is 188 g/mol. The number of rotatable bonds is 5. The molecule has 1 unspecified atom stereocenters. The SMILES string of the molecule is O=CNC(C[C@@H]1CCNC1=O)C(=O)O. The molecule has 1 rings (SSSR count). The highest BCUT2D eigenvalue weighted by atomic mass is 16.4. The minimum atomic E-state index is -1.11. The van der Waals surface area contributed by atoms with E-state index >= 15 is 0 Å². The van der Waals surface area contributed by atoms with Crippen molar-refractivity contribution >= 4 is 18.3 Å². The standard InChI is InChI=1S/C8H12N2O4/c11-4-10-6(8(13)14)3-5-1-2-9-7(5)12/h4-6H,1-3H2,(H,9,12)(H,10,11)(H,13,14)/t5-,6?/m0/s1. The Morgan fingerprint density at radius 2 is 2.50 bits per heavy atom. The third kappa shape index (κ3) is 2.45. The number of carbonyl (C=O) groups excluding carboxylic acids is 2. The molecule has 0 aromatic carbocycles. The number of carboxylic acid groups (broad SMARTS) is 1. The number of carboxylic acids is 1. The van der Waals surface area contributed by atoms with Crippen molar-refractivity contribution in [1.29, 1.82) is 0 Å². The van der Waals surface area contributed by atoms with Gasteiger partial charge < -0.3 is 15.7 Å². The fourth-order valence-electron chi connectivity index (χ4n) is 1.48. The molecule has 0 aliphatic carbocycles. The molecule has 0 bridgehead atoms. The van der Waals surface area contributed by atoms with Gasteiger partial charge in [0, 0.05) is 12.5 Å². The number of carbonyl (C=O) groups is 3. The van der Waals surface area contributed by atoms with E-state index in [2.05, 4.69) is 10.6 Å². The van der Waals surface area contributed by atoms with Crippen LogP contribution >= 0.6 is 0 Å². The summed E-state index contributed by atoms with van der Waals surface area (Å²) in [6.45, 7) is 0.580. The van der Waals surface area contributed by atoms with Gasteiger partial charge in [0.15, 0.2) is 0 Å². The molecule has 1 aliphatic rings. The van der Waals surface area contributed by atoms with Crippen LogP contribution in [0.15, 0.2) is 0 Å². The van der Waals surface area contributed by atoms with Gasteiger partial charge in [0.25, 0.3) is 0 Å². The Morgan fingerprint density at radius 3 is 2.93 bits per heavy atom. The maximum atomic E-state index is 11.1. The van der Waals surface area contributed by atoms with E-state index in [0.717, 1.165) is 0 Å². The molecule has 0 aromatic heterocycles. The Kier molecular flexibility index (Phi) is 3.44. The number of amides is 2. The Morgan fingerprint density at radius 1 is 1.79 bits per heavy atom. The normalized spacial score (nSPS) is 22.6. The van der Waals surface area contributed by atoms with Crippen molar-refractivity contribution in [3.63, 3.8) is 0 Å². The lowest BCUT2D eigenvalue weighted by Gasteiger charge is -2.13. The van der Waals surface area contributed by atoms with Gasteiger partial charge in [-0.05, 0) is 12.8 Å². The van der Waals surface area contributed by atoms with Crippen LogP contribution in [-0.4, -0.2) is 36.0 Å². The molecular formula is C8H12N2O4. The average Bonchev–Trinajstić information content (AvgIpc) is 2.51. The summed E-state index contributed by atoms with van der Waals surface area (Å²) in [5.74, 6) is -1.55. The third-order valence-electron chi connectivity index (χ3n) is 2.25. The summed E-state index contributed by atoms with van der Waals surface area (Å²) < 4.78 is 0. The number of hydrogen-bond acceptors (Lipinski definition) is 3. The highest BCUT2D eigenvalue weighted by Crippen LogP contribution is 2.15. The summed E-state index contributed by atoms with van der Waals surface area (Å²) >= 11 is 0. The van der Waals surface area contributed by atoms with Crippen LogP contribution in [0.5, 0.6) is 0 Å². The zero-order valence-electron chi connectivity index (χ0n) is 7.53. The maximum absolute atomic E-state index is 11.1. The maximum Gasteiger partial charge on any atom is 0.326 e. The molecule has 2 amide bonds. The summed E-state index contributed by atoms with van der Waals surface area (Å²) in [4.78, 5) is 31.8. The monoisotopic (exact) mass is 200 g/mol. The number of nitrogens with one attached hydrogen (secondary N) is 2. The van der Waals surface area contributed by atoms with Gasteiger partial charge in [-0.15, -0.1) is 0 Å². The van der Waals surface area contributed by atoms with Gasteiger partial charge in [0.05, 0.1) is 0 Å². The second-order valence-electron chi connectivity index (χ2n) is 3.19. The molecule has 78 valence electrons. The van der Waals surface area contributed by atoms with E-state index in [0.29, 0.717) is 19.4 Å². The third-order valence-corrected chi connectivity index (χ3v) is 2.25. The lowest BCUT2D eigenvalue weighted by Crippen LogP contribution is -2.38. The highest BCUT2D eigenvalue weighted by molar-refractivity contribution is 5.82. The molecule has 1 aliphatic heterocycles. The van der Waals surface area contributed by atoms with Crippen LogP contribution in [0.1, 0.15) is 12.8 Å². The first kappa shape index (κ1) is 10.5. The van der Waals surface area contributed by atoms with Gasteiger partial charge in [0.2, 0.25) is 12.3 Å². The molecule has 1 saturated heterocycles. The van der Waals surface area contributed by atoms with Crippen molar-refractivity contribution in [2.24, 2.45) is 5.92 Å². The van der Waals surface area contributed by atoms with E-state index in [1.807, 2.05) is 0 Å². The fraction of sp³-hybridized carbons (Fsp3) is 0.625. The Hall–Kier alpha value is -1.59. The molecule has 6 nitrogen and oxygen atoms in total. The van der Waals surface area contributed by atoms with Gasteiger partial charge in [-0.2, -0.15) is 0 Å². The summed E-state index contributed by atoms with van der Waals surface area (Å²) in [5.41, 5.74) is 0. The molecule has 0 spiro atoms. The Balaban J connectivity index is 2.49. The fourth-order valence-corrected chi connectivity index (χ4v) is 1.48. The van der Waals surface area contributed by atoms with Crippen molar-refractivity contribution in [2.45, 2.75) is 18.9 Å². The summed E-state index contributed by atoms with van der Waals surface area (Å²) in [6.07, 6.45) is 1.12. The zero-order valence-corrected chi connectivity index (χ0v) is 7.53. The van der Waals surface area contributed by atoms with Crippen molar-refractivity contribution in [1.82, 2.24) is 10.6 Å². The quantitative estimate of drug-likeness (QED) is 0.481. The van der Waals surface area contributed by atoms with E-state index < -0.39 is 12.0 Å². The predicted octanol–water partition coefficient (Wildman–Crippen LogP) is -1.29. The lowest BCUT2D eigenvalue weighted by atomic mass is 9.98. The molecule has 1 heterocycles. The second kappa shape index (κ2) is 4.59. The molecule has 0 saturated carbocycles. The smallest absolute Gasteiger partial charge is 0.326 e. The molecule has 14 heavy (non-hydrogen) atoms. The van der Waals surface area contributed by atoms with Crippen LogP contribution in [0.2, 0.25) is 0 Å². The van der Waals surface area contributed by atoms with Crippen LogP contribution in [0, 0.1) is 5.92 Å². The van der Waals surface area contributed by atoms with Crippen molar-refractivity contribution in [3.05, 3.63) is 0 Å². The molecule has 2 atom stereocenters. The minimum Gasteiger partial charge on any atom is -0.480 e. The molecule has 0 radical (unpaired) electrons. The van der Waals surface area contributed by atoms with E-state index in [1.54, 1.807) is 0 Å². The van der Waals surface area contributed by atoms with E-state index in [1.165, 1.54) is 0 Å². The van der Waals surface area contributed by atoms with Gasteiger partial charge >= 0.3 is 5.97 Å². The van der Waals surface area contributed by atoms with Gasteiger partial charge in [-0.25, -0.2) is 4.79 Å². The first-order valence-electron chi connectivity index (χ1n) is 4.35. The first-order chi connectivity index (χ1) is 6.65. The summed E-state index contributed by atoms with van der Waals surface area (Å²) in [6, 6.07) is -0.971. The van der Waals surface area contributed by atoms with Crippen LogP contribution in [-0.2, 0) is 14.4 Å². The van der Waals surface area contributed by atoms with Crippen LogP contribution in [0.3, 0.4) is 0 Å².